The normalized spacial score (nSPS) is 12.3. The number of aromatic carboxylic acids is 1. The summed E-state index contributed by atoms with van der Waals surface area (Å²) in [6, 6.07) is 15.2. The average molecular weight is 365 g/mol. The number of carbonyl (C=O) groups is 2. The van der Waals surface area contributed by atoms with Gasteiger partial charge in [-0.3, -0.25) is 9.20 Å². The Bertz CT molecular complexity index is 948. The summed E-state index contributed by atoms with van der Waals surface area (Å²) in [5, 5.41) is 12.1. The number of hydrogen-bond donors (Lipinski definition) is 2. The predicted octanol–water partition coefficient (Wildman–Crippen LogP) is 3.59. The molecule has 1 atom stereocenters. The van der Waals surface area contributed by atoms with Crippen LogP contribution in [0.5, 0.6) is 0 Å². The lowest BCUT2D eigenvalue weighted by molar-refractivity contribution is 0.0690. The molecule has 2 N–H and O–H groups in total. The molecule has 0 saturated carbocycles. The van der Waals surface area contributed by atoms with E-state index in [2.05, 4.69) is 36.3 Å². The summed E-state index contributed by atoms with van der Waals surface area (Å²) in [7, 11) is 0. The van der Waals surface area contributed by atoms with Crippen molar-refractivity contribution in [1.82, 2.24) is 14.7 Å². The molecule has 0 bridgehead atoms. The first kappa shape index (κ1) is 18.6. The molecule has 3 rings (SSSR count). The summed E-state index contributed by atoms with van der Waals surface area (Å²) in [5.41, 5.74) is 1.91. The van der Waals surface area contributed by atoms with Gasteiger partial charge in [0.05, 0.1) is 0 Å². The van der Waals surface area contributed by atoms with Crippen LogP contribution >= 0.6 is 0 Å². The van der Waals surface area contributed by atoms with Crippen LogP contribution in [0.4, 0.5) is 0 Å². The number of benzene rings is 1. The standard InChI is InChI=1S/C21H23N3O3/c1-14(2)11-16(15-7-4-3-5-8-15)12-22-20(25)18-9-6-10-19-23-17(21(26)27)13-24(18)19/h3-10,13-14,16H,11-12H2,1-2H3,(H,22,25)(H,26,27). The number of nitrogens with one attached hydrogen (secondary N) is 1. The lowest BCUT2D eigenvalue weighted by Crippen LogP contribution is -2.30. The molecule has 0 fully saturated rings. The van der Waals surface area contributed by atoms with Crippen LogP contribution in [0.25, 0.3) is 5.65 Å². The van der Waals surface area contributed by atoms with Crippen LogP contribution < -0.4 is 5.32 Å². The molecule has 6 heteroatoms. The highest BCUT2D eigenvalue weighted by Gasteiger charge is 2.18. The lowest BCUT2D eigenvalue weighted by atomic mass is 9.90. The second-order valence-electron chi connectivity index (χ2n) is 7.02. The SMILES string of the molecule is CC(C)CC(CNC(=O)c1cccc2nc(C(=O)O)cn12)c1ccccc1. The van der Waals surface area contributed by atoms with E-state index in [9.17, 15) is 9.59 Å². The number of carboxylic acid groups (broad SMARTS) is 1. The Morgan fingerprint density at radius 1 is 1.11 bits per heavy atom. The summed E-state index contributed by atoms with van der Waals surface area (Å²) in [4.78, 5) is 27.9. The second-order valence-corrected chi connectivity index (χ2v) is 7.02. The van der Waals surface area contributed by atoms with Gasteiger partial charge < -0.3 is 10.4 Å². The number of carbonyl (C=O) groups excluding carboxylic acids is 1. The first-order valence-corrected chi connectivity index (χ1v) is 9.00. The maximum Gasteiger partial charge on any atom is 0.356 e. The van der Waals surface area contributed by atoms with Gasteiger partial charge in [-0.15, -0.1) is 0 Å². The van der Waals surface area contributed by atoms with Crippen molar-refractivity contribution in [3.63, 3.8) is 0 Å². The van der Waals surface area contributed by atoms with Crippen molar-refractivity contribution in [1.29, 1.82) is 0 Å². The van der Waals surface area contributed by atoms with Gasteiger partial charge in [0, 0.05) is 18.7 Å². The summed E-state index contributed by atoms with van der Waals surface area (Å²) in [6.07, 6.45) is 2.33. The summed E-state index contributed by atoms with van der Waals surface area (Å²) < 4.78 is 1.51. The number of rotatable bonds is 7. The fourth-order valence-corrected chi connectivity index (χ4v) is 3.24. The summed E-state index contributed by atoms with van der Waals surface area (Å²) >= 11 is 0. The van der Waals surface area contributed by atoms with Crippen LogP contribution in [0.2, 0.25) is 0 Å². The van der Waals surface area contributed by atoms with Crippen LogP contribution in [-0.4, -0.2) is 32.9 Å². The second kappa shape index (κ2) is 8.03. The monoisotopic (exact) mass is 365 g/mol. The van der Waals surface area contributed by atoms with Crippen molar-refractivity contribution >= 4 is 17.5 Å². The van der Waals surface area contributed by atoms with E-state index in [1.165, 1.54) is 16.2 Å². The van der Waals surface area contributed by atoms with E-state index in [1.807, 2.05) is 18.2 Å². The maximum atomic E-state index is 12.8. The Labute approximate surface area is 157 Å². The molecule has 27 heavy (non-hydrogen) atoms. The third-order valence-corrected chi connectivity index (χ3v) is 4.48. The molecule has 0 aliphatic rings. The number of hydrogen-bond acceptors (Lipinski definition) is 3. The molecule has 0 radical (unpaired) electrons. The van der Waals surface area contributed by atoms with Gasteiger partial charge in [0.25, 0.3) is 5.91 Å². The van der Waals surface area contributed by atoms with Gasteiger partial charge in [0.15, 0.2) is 5.69 Å². The number of imidazole rings is 1. The Balaban J connectivity index is 1.80. The molecule has 140 valence electrons. The molecular formula is C21H23N3O3. The van der Waals surface area contributed by atoms with Crippen molar-refractivity contribution in [3.05, 3.63) is 71.7 Å². The Morgan fingerprint density at radius 2 is 1.85 bits per heavy atom. The van der Waals surface area contributed by atoms with Gasteiger partial charge >= 0.3 is 5.97 Å². The quantitative estimate of drug-likeness (QED) is 0.670. The van der Waals surface area contributed by atoms with Gasteiger partial charge in [-0.2, -0.15) is 0 Å². The first-order valence-electron chi connectivity index (χ1n) is 9.00. The van der Waals surface area contributed by atoms with E-state index in [0.29, 0.717) is 23.8 Å². The van der Waals surface area contributed by atoms with E-state index in [1.54, 1.807) is 18.2 Å². The molecule has 0 aliphatic heterocycles. The molecule has 0 spiro atoms. The molecule has 1 aromatic carbocycles. The zero-order valence-electron chi connectivity index (χ0n) is 15.4. The topological polar surface area (TPSA) is 83.7 Å². The van der Waals surface area contributed by atoms with Crippen molar-refractivity contribution in [3.8, 4) is 0 Å². The lowest BCUT2D eigenvalue weighted by Gasteiger charge is -2.20. The number of fused-ring (bicyclic) bond motifs is 1. The minimum absolute atomic E-state index is 0.0859. The average Bonchev–Trinajstić information content (AvgIpc) is 3.10. The minimum Gasteiger partial charge on any atom is -0.476 e. The van der Waals surface area contributed by atoms with E-state index < -0.39 is 5.97 Å². The van der Waals surface area contributed by atoms with Gasteiger partial charge in [-0.25, -0.2) is 9.78 Å². The number of aromatic nitrogens is 2. The zero-order chi connectivity index (χ0) is 19.4. The van der Waals surface area contributed by atoms with Crippen LogP contribution in [-0.2, 0) is 0 Å². The van der Waals surface area contributed by atoms with E-state index in [-0.39, 0.29) is 17.5 Å². The van der Waals surface area contributed by atoms with Gasteiger partial charge in [0.1, 0.15) is 11.3 Å². The first-order chi connectivity index (χ1) is 13.0. The molecular weight excluding hydrogens is 342 g/mol. The fraction of sp³-hybridized carbons (Fsp3) is 0.286. The van der Waals surface area contributed by atoms with Crippen LogP contribution in [0.1, 0.15) is 52.7 Å². The Kier molecular flexibility index (Phi) is 5.54. The van der Waals surface area contributed by atoms with Crippen molar-refractivity contribution in [2.24, 2.45) is 5.92 Å². The smallest absolute Gasteiger partial charge is 0.356 e. The van der Waals surface area contributed by atoms with E-state index in [4.69, 9.17) is 5.11 Å². The van der Waals surface area contributed by atoms with Crippen LogP contribution in [0.3, 0.4) is 0 Å². The van der Waals surface area contributed by atoms with Gasteiger partial charge in [-0.1, -0.05) is 50.2 Å². The number of amides is 1. The Morgan fingerprint density at radius 3 is 2.52 bits per heavy atom. The van der Waals surface area contributed by atoms with Gasteiger partial charge in [0.2, 0.25) is 0 Å². The zero-order valence-corrected chi connectivity index (χ0v) is 15.4. The number of carboxylic acids is 1. The molecule has 0 saturated heterocycles. The van der Waals surface area contributed by atoms with Crippen LogP contribution in [0, 0.1) is 5.92 Å². The highest BCUT2D eigenvalue weighted by atomic mass is 16.4. The molecule has 2 aromatic heterocycles. The van der Waals surface area contributed by atoms with Crippen molar-refractivity contribution in [2.45, 2.75) is 26.2 Å². The molecule has 1 unspecified atom stereocenters. The fourth-order valence-electron chi connectivity index (χ4n) is 3.24. The maximum absolute atomic E-state index is 12.8. The van der Waals surface area contributed by atoms with E-state index in [0.717, 1.165) is 6.42 Å². The summed E-state index contributed by atoms with van der Waals surface area (Å²) in [6.45, 7) is 4.84. The van der Waals surface area contributed by atoms with Crippen molar-refractivity contribution in [2.75, 3.05) is 6.54 Å². The largest absolute Gasteiger partial charge is 0.476 e. The third kappa shape index (κ3) is 4.34. The van der Waals surface area contributed by atoms with Crippen LogP contribution in [0.15, 0.2) is 54.7 Å². The molecule has 0 aliphatic carbocycles. The Hall–Kier alpha value is -3.15. The highest BCUT2D eigenvalue weighted by molar-refractivity contribution is 5.94. The molecule has 3 aromatic rings. The number of nitrogens with zero attached hydrogens (tertiary/aromatic N) is 2. The molecule has 1 amide bonds. The third-order valence-electron chi connectivity index (χ3n) is 4.48. The van der Waals surface area contributed by atoms with E-state index >= 15 is 0 Å². The highest BCUT2D eigenvalue weighted by Crippen LogP contribution is 2.23. The van der Waals surface area contributed by atoms with Gasteiger partial charge in [-0.05, 0) is 30.0 Å². The summed E-state index contributed by atoms with van der Waals surface area (Å²) in [5.74, 6) is -0.653. The minimum atomic E-state index is -1.12. The number of pyridine rings is 1. The van der Waals surface area contributed by atoms with Crippen molar-refractivity contribution < 1.29 is 14.7 Å². The molecule has 6 nitrogen and oxygen atoms in total. The predicted molar refractivity (Wildman–Crippen MR) is 103 cm³/mol. The molecule has 2 heterocycles.